The maximum atomic E-state index is 13.0. The molecule has 3 aromatic rings. The number of fused-ring (bicyclic) bond motifs is 1. The summed E-state index contributed by atoms with van der Waals surface area (Å²) in [6.45, 7) is 7.57. The zero-order valence-electron chi connectivity index (χ0n) is 15.5. The molecule has 0 aliphatic rings. The van der Waals surface area contributed by atoms with Crippen molar-refractivity contribution in [1.29, 1.82) is 0 Å². The van der Waals surface area contributed by atoms with Gasteiger partial charge in [-0.1, -0.05) is 56.3 Å². The van der Waals surface area contributed by atoms with E-state index in [2.05, 4.69) is 10.4 Å². The minimum Gasteiger partial charge on any atom is -0.272 e. The van der Waals surface area contributed by atoms with Crippen LogP contribution in [0.25, 0.3) is 10.9 Å². The molecular formula is C21H23N3O2. The lowest BCUT2D eigenvalue weighted by Crippen LogP contribution is -2.44. The van der Waals surface area contributed by atoms with Crippen LogP contribution in [0.15, 0.2) is 59.4 Å². The largest absolute Gasteiger partial charge is 0.280 e. The van der Waals surface area contributed by atoms with Crippen LogP contribution < -0.4 is 11.0 Å². The van der Waals surface area contributed by atoms with Gasteiger partial charge in [-0.15, -0.1) is 0 Å². The molecule has 5 nitrogen and oxygen atoms in total. The van der Waals surface area contributed by atoms with E-state index in [1.165, 1.54) is 4.68 Å². The first kappa shape index (κ1) is 17.9. The highest BCUT2D eigenvalue weighted by Gasteiger charge is 2.31. The summed E-state index contributed by atoms with van der Waals surface area (Å²) in [4.78, 5) is 30.6. The van der Waals surface area contributed by atoms with Crippen LogP contribution in [0.2, 0.25) is 0 Å². The molecule has 0 aliphatic carbocycles. The van der Waals surface area contributed by atoms with Crippen molar-refractivity contribution in [2.45, 2.75) is 39.0 Å². The monoisotopic (exact) mass is 349 g/mol. The number of hydrogen-bond acceptors (Lipinski definition) is 3. The van der Waals surface area contributed by atoms with E-state index in [9.17, 15) is 9.59 Å². The van der Waals surface area contributed by atoms with Crippen LogP contribution in [0.4, 0.5) is 0 Å². The molecule has 5 heteroatoms. The maximum absolute atomic E-state index is 13.0. The van der Waals surface area contributed by atoms with E-state index in [0.29, 0.717) is 16.7 Å². The average molecular weight is 349 g/mol. The molecule has 1 N–H and O–H groups in total. The molecule has 0 fully saturated rings. The number of rotatable bonds is 4. The predicted octanol–water partition coefficient (Wildman–Crippen LogP) is 3.57. The van der Waals surface area contributed by atoms with Gasteiger partial charge in [-0.25, -0.2) is 9.66 Å². The van der Waals surface area contributed by atoms with Crippen molar-refractivity contribution < 1.29 is 4.79 Å². The lowest BCUT2D eigenvalue weighted by atomic mass is 9.84. The third-order valence-corrected chi connectivity index (χ3v) is 4.59. The van der Waals surface area contributed by atoms with E-state index >= 15 is 0 Å². The van der Waals surface area contributed by atoms with Crippen molar-refractivity contribution in [3.8, 4) is 0 Å². The fraction of sp³-hybridized carbons (Fsp3) is 0.286. The Morgan fingerprint density at radius 3 is 2.31 bits per heavy atom. The molecule has 3 rings (SSSR count). The number of para-hydroxylation sites is 1. The molecule has 0 saturated heterocycles. The zero-order valence-corrected chi connectivity index (χ0v) is 15.5. The van der Waals surface area contributed by atoms with Gasteiger partial charge in [0.1, 0.15) is 5.82 Å². The highest BCUT2D eigenvalue weighted by molar-refractivity contribution is 5.93. The van der Waals surface area contributed by atoms with E-state index in [0.717, 1.165) is 5.56 Å². The molecule has 26 heavy (non-hydrogen) atoms. The Bertz CT molecular complexity index is 1000. The van der Waals surface area contributed by atoms with Crippen molar-refractivity contribution in [2.24, 2.45) is 0 Å². The molecule has 134 valence electrons. The Labute approximate surface area is 152 Å². The summed E-state index contributed by atoms with van der Waals surface area (Å²) in [6, 6.07) is 16.7. The van der Waals surface area contributed by atoms with Gasteiger partial charge in [0.25, 0.3) is 5.56 Å². The van der Waals surface area contributed by atoms with Crippen LogP contribution >= 0.6 is 0 Å². The molecule has 0 radical (unpaired) electrons. The van der Waals surface area contributed by atoms with Crippen LogP contribution in [-0.4, -0.2) is 15.6 Å². The second-order valence-electron chi connectivity index (χ2n) is 7.21. The summed E-state index contributed by atoms with van der Waals surface area (Å²) in [7, 11) is 0. The van der Waals surface area contributed by atoms with Gasteiger partial charge in [0.05, 0.1) is 16.3 Å². The van der Waals surface area contributed by atoms with Crippen molar-refractivity contribution in [3.05, 3.63) is 76.3 Å². The van der Waals surface area contributed by atoms with Gasteiger partial charge >= 0.3 is 0 Å². The molecule has 0 spiro atoms. The summed E-state index contributed by atoms with van der Waals surface area (Å²) in [5, 5.41) is 0.481. The standard InChI is InChI=1S/C21H23N3O2/c1-14(2)18-22-17-13-9-8-12-16(17)19(25)24(18)23-20(26)21(3,4)15-10-6-5-7-11-15/h5-14H,1-4H3,(H,23,26). The predicted molar refractivity (Wildman–Crippen MR) is 104 cm³/mol. The van der Waals surface area contributed by atoms with E-state index in [1.807, 2.05) is 70.2 Å². The third kappa shape index (κ3) is 3.12. The van der Waals surface area contributed by atoms with Crippen LogP contribution in [0.1, 0.15) is 45.0 Å². The molecule has 1 heterocycles. The highest BCUT2D eigenvalue weighted by atomic mass is 16.2. The highest BCUT2D eigenvalue weighted by Crippen LogP contribution is 2.23. The Kier molecular flexibility index (Phi) is 4.64. The summed E-state index contributed by atoms with van der Waals surface area (Å²) in [6.07, 6.45) is 0. The van der Waals surface area contributed by atoms with Gasteiger partial charge in [0, 0.05) is 5.92 Å². The van der Waals surface area contributed by atoms with Crippen molar-refractivity contribution >= 4 is 16.8 Å². The molecule has 1 aromatic heterocycles. The first-order valence-corrected chi connectivity index (χ1v) is 8.71. The SMILES string of the molecule is CC(C)c1nc2ccccc2c(=O)n1NC(=O)C(C)(C)c1ccccc1. The van der Waals surface area contributed by atoms with Crippen LogP contribution in [0, 0.1) is 0 Å². The number of benzene rings is 2. The van der Waals surface area contributed by atoms with Gasteiger partial charge in [0.2, 0.25) is 5.91 Å². The number of carbonyl (C=O) groups is 1. The average Bonchev–Trinajstić information content (AvgIpc) is 2.64. The molecule has 0 atom stereocenters. The van der Waals surface area contributed by atoms with E-state index in [4.69, 9.17) is 0 Å². The first-order chi connectivity index (χ1) is 12.3. The van der Waals surface area contributed by atoms with Crippen LogP contribution in [-0.2, 0) is 10.2 Å². The fourth-order valence-electron chi connectivity index (χ4n) is 2.87. The molecule has 0 saturated carbocycles. The van der Waals surface area contributed by atoms with E-state index < -0.39 is 5.41 Å². The number of hydrogen-bond donors (Lipinski definition) is 1. The third-order valence-electron chi connectivity index (χ3n) is 4.59. The fourth-order valence-corrected chi connectivity index (χ4v) is 2.87. The maximum Gasteiger partial charge on any atom is 0.280 e. The molecule has 1 amide bonds. The number of aromatic nitrogens is 2. The second-order valence-corrected chi connectivity index (χ2v) is 7.21. The number of amides is 1. The van der Waals surface area contributed by atoms with Crippen molar-refractivity contribution in [2.75, 3.05) is 5.43 Å². The van der Waals surface area contributed by atoms with E-state index in [-0.39, 0.29) is 17.4 Å². The zero-order chi connectivity index (χ0) is 18.9. The van der Waals surface area contributed by atoms with Crippen molar-refractivity contribution in [1.82, 2.24) is 9.66 Å². The van der Waals surface area contributed by atoms with E-state index in [1.54, 1.807) is 12.1 Å². The smallest absolute Gasteiger partial charge is 0.272 e. The van der Waals surface area contributed by atoms with Gasteiger partial charge in [-0.05, 0) is 31.5 Å². The van der Waals surface area contributed by atoms with Crippen LogP contribution in [0.3, 0.4) is 0 Å². The summed E-state index contributed by atoms with van der Waals surface area (Å²) in [5.74, 6) is 0.253. The summed E-state index contributed by atoms with van der Waals surface area (Å²) >= 11 is 0. The minimum atomic E-state index is -0.791. The molecular weight excluding hydrogens is 326 g/mol. The minimum absolute atomic E-state index is 0.0209. The lowest BCUT2D eigenvalue weighted by molar-refractivity contribution is -0.121. The summed E-state index contributed by atoms with van der Waals surface area (Å²) < 4.78 is 1.29. The number of nitrogens with one attached hydrogen (secondary N) is 1. The number of carbonyl (C=O) groups excluding carboxylic acids is 1. The Morgan fingerprint density at radius 1 is 1.04 bits per heavy atom. The van der Waals surface area contributed by atoms with Crippen LogP contribution in [0.5, 0.6) is 0 Å². The first-order valence-electron chi connectivity index (χ1n) is 8.71. The Morgan fingerprint density at radius 2 is 1.65 bits per heavy atom. The van der Waals surface area contributed by atoms with Crippen molar-refractivity contribution in [3.63, 3.8) is 0 Å². The summed E-state index contributed by atoms with van der Waals surface area (Å²) in [5.41, 5.74) is 3.25. The Hall–Kier alpha value is -2.95. The molecule has 0 aliphatic heterocycles. The van der Waals surface area contributed by atoms with Gasteiger partial charge in [0.15, 0.2) is 0 Å². The number of nitrogens with zero attached hydrogens (tertiary/aromatic N) is 2. The topological polar surface area (TPSA) is 64.0 Å². The molecule has 0 bridgehead atoms. The lowest BCUT2D eigenvalue weighted by Gasteiger charge is -2.26. The quantitative estimate of drug-likeness (QED) is 0.783. The van der Waals surface area contributed by atoms with Gasteiger partial charge in [-0.3, -0.25) is 15.0 Å². The van der Waals surface area contributed by atoms with Gasteiger partial charge in [-0.2, -0.15) is 0 Å². The second kappa shape index (κ2) is 6.75. The molecule has 2 aromatic carbocycles. The Balaban J connectivity index is 2.08. The van der Waals surface area contributed by atoms with Gasteiger partial charge < -0.3 is 0 Å². The molecule has 0 unspecified atom stereocenters. The normalized spacial score (nSPS) is 11.7.